The minimum Gasteiger partial charge on any atom is -0.481 e. The summed E-state index contributed by atoms with van der Waals surface area (Å²) in [6.45, 7) is 2.95. The van der Waals surface area contributed by atoms with Gasteiger partial charge >= 0.3 is 6.03 Å². The molecule has 0 radical (unpaired) electrons. The van der Waals surface area contributed by atoms with E-state index in [4.69, 9.17) is 21.2 Å². The van der Waals surface area contributed by atoms with Crippen molar-refractivity contribution in [3.63, 3.8) is 0 Å². The smallest absolute Gasteiger partial charge is 0.318 e. The van der Waals surface area contributed by atoms with Crippen molar-refractivity contribution >= 4 is 31.7 Å². The van der Waals surface area contributed by atoms with Gasteiger partial charge in [-0.2, -0.15) is 0 Å². The van der Waals surface area contributed by atoms with Gasteiger partial charge in [-0.3, -0.25) is 10.1 Å². The van der Waals surface area contributed by atoms with Crippen LogP contribution in [0.25, 0.3) is 0 Å². The molecule has 1 aromatic rings. The van der Waals surface area contributed by atoms with E-state index in [-0.39, 0.29) is 10.6 Å². The van der Waals surface area contributed by atoms with Crippen LogP contribution in [0.15, 0.2) is 23.1 Å². The highest BCUT2D eigenvalue weighted by atomic mass is 35.7. The minimum absolute atomic E-state index is 0.0410. The number of rotatable bonds is 4. The molecule has 3 N–H and O–H groups in total. The predicted molar refractivity (Wildman–Crippen MR) is 72.0 cm³/mol. The Bertz CT molecular complexity index is 644. The number of ether oxygens (including phenoxy) is 1. The fourth-order valence-corrected chi connectivity index (χ4v) is 2.64. The summed E-state index contributed by atoms with van der Waals surface area (Å²) >= 11 is 0. The molecule has 1 aromatic carbocycles. The number of imide groups is 1. The number of aryl methyl sites for hydroxylation is 1. The molecule has 1 unspecified atom stereocenters. The first-order valence-corrected chi connectivity index (χ1v) is 7.74. The first kappa shape index (κ1) is 16.3. The maximum Gasteiger partial charge on any atom is 0.318 e. The number of nitrogens with two attached hydrogens (primary N) is 1. The SMILES string of the molecule is Cc1cc(OC(C)C(=O)NC(N)=O)ccc1S(=O)(=O)Cl. The van der Waals surface area contributed by atoms with Crippen LogP contribution in [0.1, 0.15) is 12.5 Å². The standard InChI is InChI=1S/C11H13ClN2O5S/c1-6-5-8(3-4-9(6)20(12,17)18)19-7(2)10(15)14-11(13)16/h3-5,7H,1-2H3,(H3,13,14,15,16). The molecule has 0 bridgehead atoms. The zero-order valence-corrected chi connectivity index (χ0v) is 12.3. The van der Waals surface area contributed by atoms with E-state index in [0.29, 0.717) is 5.56 Å². The van der Waals surface area contributed by atoms with Crippen molar-refractivity contribution in [1.82, 2.24) is 5.32 Å². The number of benzene rings is 1. The summed E-state index contributed by atoms with van der Waals surface area (Å²) < 4.78 is 27.7. The topological polar surface area (TPSA) is 116 Å². The molecular formula is C11H13ClN2O5S. The molecule has 0 fully saturated rings. The summed E-state index contributed by atoms with van der Waals surface area (Å²) in [6, 6.07) is 3.07. The molecule has 0 spiro atoms. The lowest BCUT2D eigenvalue weighted by molar-refractivity contribution is -0.126. The van der Waals surface area contributed by atoms with Gasteiger partial charge in [0.15, 0.2) is 6.10 Å². The van der Waals surface area contributed by atoms with Crippen LogP contribution in [0, 0.1) is 6.92 Å². The number of urea groups is 1. The maximum atomic E-state index is 11.4. The second-order valence-electron chi connectivity index (χ2n) is 3.98. The van der Waals surface area contributed by atoms with Gasteiger partial charge in [0.05, 0.1) is 4.90 Å². The fourth-order valence-electron chi connectivity index (χ4n) is 1.45. The van der Waals surface area contributed by atoms with Crippen LogP contribution in [-0.4, -0.2) is 26.5 Å². The summed E-state index contributed by atoms with van der Waals surface area (Å²) in [5.74, 6) is -0.442. The van der Waals surface area contributed by atoms with Gasteiger partial charge < -0.3 is 10.5 Å². The maximum absolute atomic E-state index is 11.4. The van der Waals surface area contributed by atoms with Crippen molar-refractivity contribution in [2.24, 2.45) is 5.73 Å². The highest BCUT2D eigenvalue weighted by Crippen LogP contribution is 2.24. The molecule has 0 aliphatic heterocycles. The van der Waals surface area contributed by atoms with Crippen LogP contribution in [0.5, 0.6) is 5.75 Å². The van der Waals surface area contributed by atoms with E-state index < -0.39 is 27.1 Å². The lowest BCUT2D eigenvalue weighted by atomic mass is 10.2. The normalized spacial score (nSPS) is 12.6. The Morgan fingerprint density at radius 3 is 2.45 bits per heavy atom. The third-order valence-electron chi connectivity index (χ3n) is 2.34. The number of halogens is 1. The Morgan fingerprint density at radius 1 is 1.40 bits per heavy atom. The lowest BCUT2D eigenvalue weighted by Crippen LogP contribution is -2.42. The summed E-state index contributed by atoms with van der Waals surface area (Å²) in [6.07, 6.45) is -0.972. The number of carbonyl (C=O) groups excluding carboxylic acids is 2. The van der Waals surface area contributed by atoms with E-state index in [1.165, 1.54) is 32.0 Å². The number of carbonyl (C=O) groups is 2. The van der Waals surface area contributed by atoms with E-state index in [9.17, 15) is 18.0 Å². The molecule has 9 heteroatoms. The molecule has 1 rings (SSSR count). The number of hydrogen-bond donors (Lipinski definition) is 2. The minimum atomic E-state index is -3.83. The molecule has 3 amide bonds. The number of hydrogen-bond acceptors (Lipinski definition) is 5. The zero-order chi connectivity index (χ0) is 15.5. The summed E-state index contributed by atoms with van der Waals surface area (Å²) in [4.78, 5) is 21.9. The van der Waals surface area contributed by atoms with Crippen molar-refractivity contribution in [2.45, 2.75) is 24.8 Å². The molecule has 0 heterocycles. The lowest BCUT2D eigenvalue weighted by Gasteiger charge is -2.14. The van der Waals surface area contributed by atoms with E-state index in [1.807, 2.05) is 5.32 Å². The Labute approximate surface area is 120 Å². The van der Waals surface area contributed by atoms with Gasteiger partial charge in [-0.1, -0.05) is 0 Å². The Hall–Kier alpha value is -1.80. The Kier molecular flexibility index (Phi) is 4.96. The molecule has 20 heavy (non-hydrogen) atoms. The van der Waals surface area contributed by atoms with Gasteiger partial charge in [0, 0.05) is 10.7 Å². The molecule has 0 saturated heterocycles. The van der Waals surface area contributed by atoms with Crippen LogP contribution in [-0.2, 0) is 13.8 Å². The van der Waals surface area contributed by atoms with Crippen LogP contribution < -0.4 is 15.8 Å². The highest BCUT2D eigenvalue weighted by molar-refractivity contribution is 8.13. The van der Waals surface area contributed by atoms with Crippen LogP contribution in [0.2, 0.25) is 0 Å². The average molecular weight is 321 g/mol. The number of primary amides is 1. The quantitative estimate of drug-likeness (QED) is 0.799. The van der Waals surface area contributed by atoms with Crippen molar-refractivity contribution in [3.05, 3.63) is 23.8 Å². The second kappa shape index (κ2) is 6.10. The summed E-state index contributed by atoms with van der Waals surface area (Å²) in [7, 11) is 1.41. The van der Waals surface area contributed by atoms with Crippen LogP contribution in [0.4, 0.5) is 4.79 Å². The Balaban J connectivity index is 2.87. The molecule has 110 valence electrons. The molecule has 1 atom stereocenters. The molecule has 0 saturated carbocycles. The second-order valence-corrected chi connectivity index (χ2v) is 6.51. The monoisotopic (exact) mass is 320 g/mol. The van der Waals surface area contributed by atoms with Gasteiger partial charge in [-0.25, -0.2) is 13.2 Å². The van der Waals surface area contributed by atoms with E-state index in [0.717, 1.165) is 0 Å². The average Bonchev–Trinajstić information content (AvgIpc) is 2.26. The highest BCUT2D eigenvalue weighted by Gasteiger charge is 2.18. The predicted octanol–water partition coefficient (Wildman–Crippen LogP) is 0.885. The third kappa shape index (κ3) is 4.39. The van der Waals surface area contributed by atoms with Crippen LogP contribution in [0.3, 0.4) is 0 Å². The van der Waals surface area contributed by atoms with Crippen LogP contribution >= 0.6 is 10.7 Å². The molecule has 7 nitrogen and oxygen atoms in total. The summed E-state index contributed by atoms with van der Waals surface area (Å²) in [5, 5.41) is 1.87. The van der Waals surface area contributed by atoms with Crippen molar-refractivity contribution in [2.75, 3.05) is 0 Å². The van der Waals surface area contributed by atoms with Gasteiger partial charge in [0.25, 0.3) is 15.0 Å². The zero-order valence-electron chi connectivity index (χ0n) is 10.7. The van der Waals surface area contributed by atoms with E-state index >= 15 is 0 Å². The van der Waals surface area contributed by atoms with E-state index in [1.54, 1.807) is 0 Å². The number of nitrogens with one attached hydrogen (secondary N) is 1. The molecule has 0 aliphatic rings. The van der Waals surface area contributed by atoms with Crippen molar-refractivity contribution in [1.29, 1.82) is 0 Å². The number of amides is 3. The Morgan fingerprint density at radius 2 is 2.00 bits per heavy atom. The van der Waals surface area contributed by atoms with Gasteiger partial charge in [0.2, 0.25) is 0 Å². The van der Waals surface area contributed by atoms with Gasteiger partial charge in [-0.15, -0.1) is 0 Å². The fraction of sp³-hybridized carbons (Fsp3) is 0.273. The first-order valence-electron chi connectivity index (χ1n) is 5.43. The first-order chi connectivity index (χ1) is 9.11. The van der Waals surface area contributed by atoms with E-state index in [2.05, 4.69) is 0 Å². The van der Waals surface area contributed by atoms with Crippen molar-refractivity contribution < 1.29 is 22.7 Å². The largest absolute Gasteiger partial charge is 0.481 e. The molecular weight excluding hydrogens is 308 g/mol. The van der Waals surface area contributed by atoms with Gasteiger partial charge in [-0.05, 0) is 37.6 Å². The van der Waals surface area contributed by atoms with Crippen molar-refractivity contribution in [3.8, 4) is 5.75 Å². The van der Waals surface area contributed by atoms with Gasteiger partial charge in [0.1, 0.15) is 5.75 Å². The molecule has 0 aliphatic carbocycles. The molecule has 0 aromatic heterocycles. The summed E-state index contributed by atoms with van der Waals surface area (Å²) in [5.41, 5.74) is 5.18. The third-order valence-corrected chi connectivity index (χ3v) is 3.82.